The van der Waals surface area contributed by atoms with Crippen LogP contribution in [0.5, 0.6) is 5.75 Å². The predicted octanol–water partition coefficient (Wildman–Crippen LogP) is 1.56. The van der Waals surface area contributed by atoms with Gasteiger partial charge in [-0.05, 0) is 25.1 Å². The molecule has 8 nitrogen and oxygen atoms in total. The number of aryl methyl sites for hydroxylation is 1. The third kappa shape index (κ3) is 8.27. The van der Waals surface area contributed by atoms with Crippen molar-refractivity contribution in [3.8, 4) is 5.75 Å². The molecule has 0 aliphatic heterocycles. The first-order valence-corrected chi connectivity index (χ1v) is 8.78. The molecule has 0 saturated heterocycles. The number of aromatic nitrogens is 1. The van der Waals surface area contributed by atoms with Crippen LogP contribution in [0.15, 0.2) is 24.3 Å². The van der Waals surface area contributed by atoms with Gasteiger partial charge in [-0.1, -0.05) is 19.9 Å². The Morgan fingerprint density at radius 3 is 2.50 bits per heavy atom. The molecule has 0 fully saturated rings. The van der Waals surface area contributed by atoms with Crippen molar-refractivity contribution in [1.29, 1.82) is 0 Å². The fourth-order valence-electron chi connectivity index (χ4n) is 2.01. The zero-order valence-corrected chi connectivity index (χ0v) is 14.7. The van der Waals surface area contributed by atoms with Crippen LogP contribution >= 0.6 is 0 Å². The number of hydrogen-bond acceptors (Lipinski definition) is 5. The number of benzene rings is 1. The van der Waals surface area contributed by atoms with Crippen LogP contribution in [0.1, 0.15) is 19.5 Å². The number of nitrogens with one attached hydrogen (secondary N) is 2. The van der Waals surface area contributed by atoms with E-state index in [-0.39, 0.29) is 0 Å². The molecule has 9 heteroatoms. The van der Waals surface area contributed by atoms with Crippen LogP contribution in [0, 0.1) is 6.92 Å². The molecule has 0 saturated carbocycles. The normalized spacial score (nSPS) is 12.8. The number of aliphatic hydroxyl groups is 1. The number of rotatable bonds is 6. The van der Waals surface area contributed by atoms with Gasteiger partial charge < -0.3 is 20.1 Å². The van der Waals surface area contributed by atoms with Gasteiger partial charge in [-0.3, -0.25) is 9.11 Å². The van der Waals surface area contributed by atoms with Crippen molar-refractivity contribution in [2.24, 2.45) is 0 Å². The first kappa shape index (κ1) is 20.4. The molecule has 0 amide bonds. The molecule has 1 heterocycles. The number of fused-ring (bicyclic) bond motifs is 1. The van der Waals surface area contributed by atoms with Crippen molar-refractivity contribution in [2.45, 2.75) is 32.9 Å². The van der Waals surface area contributed by atoms with E-state index in [0.717, 1.165) is 22.3 Å². The van der Waals surface area contributed by atoms with Gasteiger partial charge in [0.1, 0.15) is 18.5 Å². The quantitative estimate of drug-likeness (QED) is 0.494. The molecule has 24 heavy (non-hydrogen) atoms. The summed E-state index contributed by atoms with van der Waals surface area (Å²) in [5, 5.41) is 14.1. The Hall–Kier alpha value is -1.65. The van der Waals surface area contributed by atoms with Gasteiger partial charge in [0, 0.05) is 29.2 Å². The first-order chi connectivity index (χ1) is 11.1. The maximum absolute atomic E-state index is 9.84. The largest absolute Gasteiger partial charge is 0.490 e. The maximum Gasteiger partial charge on any atom is 0.394 e. The van der Waals surface area contributed by atoms with E-state index in [2.05, 4.69) is 30.2 Å². The van der Waals surface area contributed by atoms with Gasteiger partial charge in [0.05, 0.1) is 0 Å². The van der Waals surface area contributed by atoms with Gasteiger partial charge >= 0.3 is 10.4 Å². The molecule has 1 aromatic carbocycles. The van der Waals surface area contributed by atoms with Crippen molar-refractivity contribution < 1.29 is 27.4 Å². The Balaban J connectivity index is 0.000000505. The van der Waals surface area contributed by atoms with E-state index in [1.54, 1.807) is 0 Å². The van der Waals surface area contributed by atoms with Gasteiger partial charge in [-0.15, -0.1) is 0 Å². The molecule has 2 rings (SSSR count). The molecule has 0 unspecified atom stereocenters. The summed E-state index contributed by atoms with van der Waals surface area (Å²) in [5.74, 6) is 0.811. The highest BCUT2D eigenvalue weighted by Gasteiger charge is 2.09. The van der Waals surface area contributed by atoms with E-state index in [0.29, 0.717) is 19.2 Å². The highest BCUT2D eigenvalue weighted by atomic mass is 32.3. The Morgan fingerprint density at radius 1 is 1.29 bits per heavy atom. The van der Waals surface area contributed by atoms with Crippen LogP contribution in [-0.2, 0) is 10.4 Å². The summed E-state index contributed by atoms with van der Waals surface area (Å²) >= 11 is 0. The standard InChI is InChI=1S/C15H22N2O2.H2O4S/c1-10(2)16-8-12(18)9-19-15-6-4-5-14-13(15)7-11(3)17-14;1-5(2,3)4/h4-7,10,12,16-18H,8-9H2,1-3H3;(H2,1,2,3,4)/t12-;/m0./s1. The topological polar surface area (TPSA) is 132 Å². The summed E-state index contributed by atoms with van der Waals surface area (Å²) in [6, 6.07) is 8.32. The molecule has 0 spiro atoms. The summed E-state index contributed by atoms with van der Waals surface area (Å²) in [5.41, 5.74) is 2.16. The molecule has 0 radical (unpaired) electrons. The van der Waals surface area contributed by atoms with Crippen LogP contribution in [0.25, 0.3) is 10.9 Å². The lowest BCUT2D eigenvalue weighted by Crippen LogP contribution is -2.35. The Kier molecular flexibility index (Phi) is 7.64. The lowest BCUT2D eigenvalue weighted by Gasteiger charge is -2.15. The van der Waals surface area contributed by atoms with Gasteiger partial charge in [-0.25, -0.2) is 0 Å². The molecule has 0 bridgehead atoms. The zero-order valence-electron chi connectivity index (χ0n) is 13.9. The smallest absolute Gasteiger partial charge is 0.394 e. The fraction of sp³-hybridized carbons (Fsp3) is 0.467. The number of ether oxygens (including phenoxy) is 1. The molecule has 0 aliphatic carbocycles. The molecule has 5 N–H and O–H groups in total. The van der Waals surface area contributed by atoms with E-state index in [1.807, 2.05) is 25.1 Å². The van der Waals surface area contributed by atoms with Crippen LogP contribution in [-0.4, -0.2) is 52.9 Å². The van der Waals surface area contributed by atoms with Crippen molar-refractivity contribution in [1.82, 2.24) is 10.3 Å². The Labute approximate surface area is 141 Å². The lowest BCUT2D eigenvalue weighted by atomic mass is 10.2. The average molecular weight is 360 g/mol. The van der Waals surface area contributed by atoms with E-state index >= 15 is 0 Å². The third-order valence-electron chi connectivity index (χ3n) is 2.95. The maximum atomic E-state index is 9.84. The van der Waals surface area contributed by atoms with E-state index < -0.39 is 16.5 Å². The highest BCUT2D eigenvalue weighted by Crippen LogP contribution is 2.26. The molecule has 0 aliphatic rings. The molecule has 136 valence electrons. The average Bonchev–Trinajstić information content (AvgIpc) is 2.81. The van der Waals surface area contributed by atoms with E-state index in [4.69, 9.17) is 22.3 Å². The van der Waals surface area contributed by atoms with Crippen molar-refractivity contribution in [2.75, 3.05) is 13.2 Å². The van der Waals surface area contributed by atoms with Crippen LogP contribution in [0.4, 0.5) is 0 Å². The molecular weight excluding hydrogens is 336 g/mol. The zero-order chi connectivity index (χ0) is 18.3. The number of H-pyrrole nitrogens is 1. The molecule has 1 atom stereocenters. The van der Waals surface area contributed by atoms with Gasteiger partial charge in [-0.2, -0.15) is 8.42 Å². The molecular formula is C15H24N2O6S. The van der Waals surface area contributed by atoms with Gasteiger partial charge in [0.15, 0.2) is 0 Å². The number of aromatic amines is 1. The second kappa shape index (κ2) is 9.00. The predicted molar refractivity (Wildman–Crippen MR) is 91.9 cm³/mol. The molecule has 2 aromatic rings. The van der Waals surface area contributed by atoms with Gasteiger partial charge in [0.2, 0.25) is 0 Å². The van der Waals surface area contributed by atoms with Gasteiger partial charge in [0.25, 0.3) is 0 Å². The second-order valence-electron chi connectivity index (χ2n) is 5.65. The first-order valence-electron chi connectivity index (χ1n) is 7.38. The number of aliphatic hydroxyl groups excluding tert-OH is 1. The number of hydrogen-bond donors (Lipinski definition) is 5. The summed E-state index contributed by atoms with van der Waals surface area (Å²) in [6.07, 6.45) is -0.502. The van der Waals surface area contributed by atoms with E-state index in [1.165, 1.54) is 0 Å². The van der Waals surface area contributed by atoms with Crippen LogP contribution < -0.4 is 10.1 Å². The minimum Gasteiger partial charge on any atom is -0.490 e. The minimum atomic E-state index is -4.67. The minimum absolute atomic E-state index is 0.295. The van der Waals surface area contributed by atoms with Crippen molar-refractivity contribution in [3.05, 3.63) is 30.0 Å². The summed E-state index contributed by atoms with van der Waals surface area (Å²) < 4.78 is 37.3. The molecule has 1 aromatic heterocycles. The Morgan fingerprint density at radius 2 is 1.92 bits per heavy atom. The summed E-state index contributed by atoms with van der Waals surface area (Å²) in [6.45, 7) is 6.96. The second-order valence-corrected chi connectivity index (χ2v) is 6.54. The third-order valence-corrected chi connectivity index (χ3v) is 2.95. The van der Waals surface area contributed by atoms with Crippen molar-refractivity contribution >= 4 is 21.3 Å². The summed E-state index contributed by atoms with van der Waals surface area (Å²) in [4.78, 5) is 3.27. The highest BCUT2D eigenvalue weighted by molar-refractivity contribution is 7.79. The van der Waals surface area contributed by atoms with Crippen molar-refractivity contribution in [3.63, 3.8) is 0 Å². The van der Waals surface area contributed by atoms with Crippen LogP contribution in [0.2, 0.25) is 0 Å². The fourth-order valence-corrected chi connectivity index (χ4v) is 2.01. The van der Waals surface area contributed by atoms with Crippen LogP contribution in [0.3, 0.4) is 0 Å². The summed E-state index contributed by atoms with van der Waals surface area (Å²) in [7, 11) is -4.67. The monoisotopic (exact) mass is 360 g/mol. The van der Waals surface area contributed by atoms with E-state index in [9.17, 15) is 5.11 Å². The SMILES string of the molecule is Cc1cc2c(OC[C@@H](O)CNC(C)C)cccc2[nH]1.O=S(=O)(O)O. The lowest BCUT2D eigenvalue weighted by molar-refractivity contribution is 0.105. The Bertz CT molecular complexity index is 734.